The van der Waals surface area contributed by atoms with Gasteiger partial charge in [-0.25, -0.2) is 43.4 Å². The van der Waals surface area contributed by atoms with Crippen molar-refractivity contribution < 1.29 is 61.3 Å². The summed E-state index contributed by atoms with van der Waals surface area (Å²) in [6.45, 7) is 0. The maximum Gasteiger partial charge on any atom is 0.328 e. The molecule has 0 saturated heterocycles. The van der Waals surface area contributed by atoms with E-state index in [1.807, 2.05) is 60.7 Å². The van der Waals surface area contributed by atoms with Gasteiger partial charge in [-0.3, -0.25) is 0 Å². The fourth-order valence-corrected chi connectivity index (χ4v) is 0.927. The number of aliphatic carboxylic acids is 4. The molecule has 2 rings (SSSR count). The van der Waals surface area contributed by atoms with Crippen molar-refractivity contribution in [2.75, 3.05) is 0 Å². The van der Waals surface area contributed by atoms with Crippen LogP contribution >= 0.6 is 0 Å². The first-order valence-electron chi connectivity index (χ1n) is 6.87. The summed E-state index contributed by atoms with van der Waals surface area (Å²) in [5.74, 6) is -5.03. The Morgan fingerprint density at radius 2 is 0.704 bits per heavy atom. The zero-order valence-corrected chi connectivity index (χ0v) is 15.6. The molecule has 0 bridgehead atoms. The summed E-state index contributed by atoms with van der Waals surface area (Å²) < 4.78 is 0. The molecule has 8 nitrogen and oxygen atoms in total. The molecule has 0 radical (unpaired) electrons. The van der Waals surface area contributed by atoms with Crippen LogP contribution < -0.4 is 0 Å². The zero-order valence-electron chi connectivity index (χ0n) is 14.0. The number of rotatable bonds is 4. The molecule has 9 heteroatoms. The molecular formula is C18H18O8Ti-2. The van der Waals surface area contributed by atoms with Gasteiger partial charge in [0.05, 0.1) is 0 Å². The minimum absolute atomic E-state index is 0. The first-order valence-corrected chi connectivity index (χ1v) is 6.87. The van der Waals surface area contributed by atoms with Crippen LogP contribution in [0.3, 0.4) is 0 Å². The minimum Gasteiger partial charge on any atom is -0.478 e. The van der Waals surface area contributed by atoms with Gasteiger partial charge in [-0.2, -0.15) is 36.4 Å². The maximum atomic E-state index is 9.55. The Hall–Kier alpha value is -3.23. The molecule has 0 aliphatic carbocycles. The zero-order chi connectivity index (χ0) is 20.2. The topological polar surface area (TPSA) is 149 Å². The van der Waals surface area contributed by atoms with Crippen LogP contribution in [-0.4, -0.2) is 44.3 Å². The van der Waals surface area contributed by atoms with Crippen LogP contribution in [0.5, 0.6) is 0 Å². The third-order valence-electron chi connectivity index (χ3n) is 1.85. The van der Waals surface area contributed by atoms with E-state index in [0.29, 0.717) is 24.3 Å². The normalized spacial score (nSPS) is 8.59. The van der Waals surface area contributed by atoms with Gasteiger partial charge in [-0.1, -0.05) is 0 Å². The summed E-state index contributed by atoms with van der Waals surface area (Å²) >= 11 is 0. The first-order chi connectivity index (χ1) is 12.3. The van der Waals surface area contributed by atoms with Gasteiger partial charge in [0.2, 0.25) is 0 Å². The van der Waals surface area contributed by atoms with Gasteiger partial charge in [-0.15, -0.1) is 0 Å². The molecule has 2 aromatic carbocycles. The molecule has 0 amide bonds. The first kappa shape index (κ1) is 28.6. The molecule has 0 saturated carbocycles. The monoisotopic (exact) mass is 410 g/mol. The average Bonchev–Trinajstić information content (AvgIpc) is 3.28. The molecule has 0 aliphatic heterocycles. The van der Waals surface area contributed by atoms with Crippen molar-refractivity contribution in [3.05, 3.63) is 85.0 Å². The fourth-order valence-electron chi connectivity index (χ4n) is 0.927. The van der Waals surface area contributed by atoms with Crippen LogP contribution in [0.15, 0.2) is 85.0 Å². The molecule has 144 valence electrons. The standard InChI is InChI=1S/2C5H5.2C4H4O4.Ti/c2*1-2-4-5-3-1;2*5-3(6)1-2-4(7)8;/h2*1-5H;2*1-2H,(H,5,6)(H,7,8);/q2*-1;;;. The third kappa shape index (κ3) is 34.9. The summed E-state index contributed by atoms with van der Waals surface area (Å²) in [6, 6.07) is 20.0. The van der Waals surface area contributed by atoms with Crippen molar-refractivity contribution in [2.45, 2.75) is 0 Å². The quantitative estimate of drug-likeness (QED) is 0.341. The van der Waals surface area contributed by atoms with E-state index in [1.165, 1.54) is 0 Å². The summed E-state index contributed by atoms with van der Waals surface area (Å²) in [4.78, 5) is 38.2. The third-order valence-corrected chi connectivity index (χ3v) is 1.85. The summed E-state index contributed by atoms with van der Waals surface area (Å²) in [5.41, 5.74) is 0. The smallest absolute Gasteiger partial charge is 0.328 e. The predicted molar refractivity (Wildman–Crippen MR) is 92.9 cm³/mol. The molecule has 27 heavy (non-hydrogen) atoms. The van der Waals surface area contributed by atoms with E-state index in [4.69, 9.17) is 20.4 Å². The largest absolute Gasteiger partial charge is 0.478 e. The molecule has 2 aromatic rings. The van der Waals surface area contributed by atoms with Gasteiger partial charge in [0.15, 0.2) is 0 Å². The van der Waals surface area contributed by atoms with Gasteiger partial charge in [0.25, 0.3) is 0 Å². The number of carboxylic acids is 4. The number of carbonyl (C=O) groups is 4. The van der Waals surface area contributed by atoms with E-state index in [9.17, 15) is 19.2 Å². The van der Waals surface area contributed by atoms with Crippen LogP contribution in [0.2, 0.25) is 0 Å². The van der Waals surface area contributed by atoms with E-state index in [-0.39, 0.29) is 21.7 Å². The summed E-state index contributed by atoms with van der Waals surface area (Å²) in [6.07, 6.45) is 2.23. The van der Waals surface area contributed by atoms with Crippen LogP contribution in [-0.2, 0) is 40.9 Å². The van der Waals surface area contributed by atoms with Crippen molar-refractivity contribution >= 4 is 23.9 Å². The van der Waals surface area contributed by atoms with E-state index < -0.39 is 23.9 Å². The van der Waals surface area contributed by atoms with Gasteiger partial charge in [-0.05, 0) is 0 Å². The SMILES string of the molecule is O=C(O)C=CC(=O)O.O=C(O)C=CC(=O)O.[Ti].c1cc[cH-]c1.c1cc[cH-]c1. The molecular weight excluding hydrogens is 392 g/mol. The van der Waals surface area contributed by atoms with Gasteiger partial charge < -0.3 is 20.4 Å². The number of hydrogen-bond donors (Lipinski definition) is 4. The van der Waals surface area contributed by atoms with E-state index >= 15 is 0 Å². The van der Waals surface area contributed by atoms with Crippen molar-refractivity contribution in [1.82, 2.24) is 0 Å². The summed E-state index contributed by atoms with van der Waals surface area (Å²) in [7, 11) is 0. The van der Waals surface area contributed by atoms with Crippen molar-refractivity contribution in [3.8, 4) is 0 Å². The molecule has 0 fully saturated rings. The van der Waals surface area contributed by atoms with Crippen molar-refractivity contribution in [3.63, 3.8) is 0 Å². The molecule has 4 N–H and O–H groups in total. The Kier molecular flexibility index (Phi) is 22.0. The minimum atomic E-state index is -1.26. The second kappa shape index (κ2) is 20.8. The average molecular weight is 410 g/mol. The number of hydrogen-bond acceptors (Lipinski definition) is 4. The van der Waals surface area contributed by atoms with E-state index in [1.54, 1.807) is 0 Å². The van der Waals surface area contributed by atoms with Crippen molar-refractivity contribution in [1.29, 1.82) is 0 Å². The summed E-state index contributed by atoms with van der Waals surface area (Å²) in [5, 5.41) is 31.2. The van der Waals surface area contributed by atoms with Gasteiger partial charge in [0.1, 0.15) is 0 Å². The fraction of sp³-hybridized carbons (Fsp3) is 0. The van der Waals surface area contributed by atoms with Crippen LogP contribution in [0.1, 0.15) is 0 Å². The Morgan fingerprint density at radius 3 is 0.778 bits per heavy atom. The van der Waals surface area contributed by atoms with Crippen LogP contribution in [0, 0.1) is 0 Å². The van der Waals surface area contributed by atoms with Crippen LogP contribution in [0.25, 0.3) is 0 Å². The Labute approximate surface area is 170 Å². The molecule has 0 unspecified atom stereocenters. The molecule has 0 spiro atoms. The second-order valence-electron chi connectivity index (χ2n) is 3.94. The van der Waals surface area contributed by atoms with E-state index in [2.05, 4.69) is 0 Å². The van der Waals surface area contributed by atoms with Gasteiger partial charge >= 0.3 is 23.9 Å². The Morgan fingerprint density at radius 1 is 0.519 bits per heavy atom. The molecule has 0 heterocycles. The van der Waals surface area contributed by atoms with E-state index in [0.717, 1.165) is 0 Å². The maximum absolute atomic E-state index is 9.55. The molecule has 0 aromatic heterocycles. The number of carboxylic acid groups (broad SMARTS) is 4. The van der Waals surface area contributed by atoms with Gasteiger partial charge in [0, 0.05) is 46.0 Å². The van der Waals surface area contributed by atoms with Crippen LogP contribution in [0.4, 0.5) is 0 Å². The Balaban J connectivity index is -0.000000286. The van der Waals surface area contributed by atoms with Crippen molar-refractivity contribution in [2.24, 2.45) is 0 Å². The Bertz CT molecular complexity index is 544. The molecule has 0 aliphatic rings. The second-order valence-corrected chi connectivity index (χ2v) is 3.94. The molecule has 0 atom stereocenters. The predicted octanol–water partition coefficient (Wildman–Crippen LogP) is 2.23.